The van der Waals surface area contributed by atoms with Gasteiger partial charge in [-0.1, -0.05) is 12.1 Å². The fourth-order valence-corrected chi connectivity index (χ4v) is 3.74. The van der Waals surface area contributed by atoms with E-state index in [1.807, 2.05) is 0 Å². The maximum Gasteiger partial charge on any atom is 0.422 e. The fraction of sp³-hybridized carbons (Fsp3) is 0.125. The summed E-state index contributed by atoms with van der Waals surface area (Å²) in [6, 6.07) is 11.4. The number of fused-ring (bicyclic) bond motifs is 1. The summed E-state index contributed by atoms with van der Waals surface area (Å²) in [6.07, 6.45) is -5.72. The molecule has 0 fully saturated rings. The molecule has 4 rings (SSSR count). The first-order valence-electron chi connectivity index (χ1n) is 9.81. The summed E-state index contributed by atoms with van der Waals surface area (Å²) >= 11 is 0. The van der Waals surface area contributed by atoms with Crippen LogP contribution >= 0.6 is 0 Å². The molecule has 0 aliphatic carbocycles. The summed E-state index contributed by atoms with van der Waals surface area (Å²) in [5, 5.41) is 0.190. The lowest BCUT2D eigenvalue weighted by atomic mass is 10.00. The molecule has 0 saturated carbocycles. The highest BCUT2D eigenvalue weighted by Crippen LogP contribution is 2.39. The molecule has 3 aromatic carbocycles. The Bertz CT molecular complexity index is 1480. The molecular weight excluding hydrogens is 483 g/mol. The molecule has 0 N–H and O–H groups in total. The molecule has 0 saturated heterocycles. The Kier molecular flexibility index (Phi) is 5.95. The quantitative estimate of drug-likeness (QED) is 0.247. The van der Waals surface area contributed by atoms with Crippen LogP contribution in [-0.2, 0) is 6.18 Å². The highest BCUT2D eigenvalue weighted by Gasteiger charge is 2.43. The first-order valence-corrected chi connectivity index (χ1v) is 9.81. The number of aromatic nitrogens is 1. The molecule has 11 heteroatoms. The summed E-state index contributed by atoms with van der Waals surface area (Å²) in [4.78, 5) is 13.1. The van der Waals surface area contributed by atoms with Crippen molar-refractivity contribution in [2.75, 3.05) is 14.2 Å². The maximum absolute atomic E-state index is 14.8. The normalized spacial score (nSPS) is 11.7. The molecule has 0 bridgehead atoms. The van der Waals surface area contributed by atoms with E-state index in [9.17, 15) is 35.5 Å². The Morgan fingerprint density at radius 2 is 1.29 bits per heavy atom. The number of rotatable bonds is 4. The number of hydrogen-bond donors (Lipinski definition) is 0. The molecule has 0 aliphatic heterocycles. The second-order valence-electron chi connectivity index (χ2n) is 7.32. The van der Waals surface area contributed by atoms with Crippen molar-refractivity contribution in [2.45, 2.75) is 6.18 Å². The molecule has 0 unspecified atom stereocenters. The Hall–Kier alpha value is -4.02. The van der Waals surface area contributed by atoms with Crippen molar-refractivity contribution in [3.63, 3.8) is 0 Å². The molecule has 182 valence electrons. The van der Waals surface area contributed by atoms with E-state index in [1.54, 1.807) is 24.3 Å². The van der Waals surface area contributed by atoms with E-state index in [1.165, 1.54) is 26.4 Å². The lowest BCUT2D eigenvalue weighted by molar-refractivity contribution is -0.143. The SMILES string of the molecule is COc1ccc(-c2cc(=O)n(-c3c(F)c(F)c(C(F)(F)F)c(F)c3F)c3cc(OC)ccc23)cc1. The van der Waals surface area contributed by atoms with E-state index in [4.69, 9.17) is 9.47 Å². The van der Waals surface area contributed by atoms with Gasteiger partial charge in [-0.2, -0.15) is 13.2 Å². The largest absolute Gasteiger partial charge is 0.497 e. The molecule has 0 atom stereocenters. The monoisotopic (exact) mass is 497 g/mol. The number of ether oxygens (including phenoxy) is 2. The van der Waals surface area contributed by atoms with Gasteiger partial charge in [0.25, 0.3) is 5.56 Å². The summed E-state index contributed by atoms with van der Waals surface area (Å²) in [7, 11) is 2.71. The van der Waals surface area contributed by atoms with Crippen LogP contribution in [0.15, 0.2) is 53.3 Å². The lowest BCUT2D eigenvalue weighted by Crippen LogP contribution is -2.24. The standard InChI is InChI=1S/C24H14F7NO3/c1-34-12-5-3-11(4-6-12)15-10-17(33)32(16-9-13(35-2)7-8-14(15)16)23-21(27)19(25)18(24(29,30)31)20(26)22(23)28/h3-10H,1-2H3. The Morgan fingerprint density at radius 3 is 1.80 bits per heavy atom. The second kappa shape index (κ2) is 8.64. The highest BCUT2D eigenvalue weighted by atomic mass is 19.4. The van der Waals surface area contributed by atoms with Gasteiger partial charge in [0.15, 0.2) is 23.3 Å². The highest BCUT2D eigenvalue weighted by molar-refractivity contribution is 5.96. The average molecular weight is 497 g/mol. The molecule has 0 amide bonds. The van der Waals surface area contributed by atoms with Gasteiger partial charge in [-0.15, -0.1) is 0 Å². The zero-order valence-corrected chi connectivity index (χ0v) is 17.9. The third kappa shape index (κ3) is 3.96. The van der Waals surface area contributed by atoms with Gasteiger partial charge in [-0.3, -0.25) is 9.36 Å². The van der Waals surface area contributed by atoms with Crippen LogP contribution in [0.1, 0.15) is 5.56 Å². The first-order chi connectivity index (χ1) is 16.5. The number of alkyl halides is 3. The minimum Gasteiger partial charge on any atom is -0.497 e. The minimum atomic E-state index is -5.72. The number of pyridine rings is 1. The molecule has 35 heavy (non-hydrogen) atoms. The van der Waals surface area contributed by atoms with Crippen molar-refractivity contribution in [3.8, 4) is 28.3 Å². The van der Waals surface area contributed by atoms with Crippen molar-refractivity contribution in [2.24, 2.45) is 0 Å². The zero-order chi connectivity index (χ0) is 25.7. The molecule has 0 radical (unpaired) electrons. The number of hydrogen-bond acceptors (Lipinski definition) is 3. The van der Waals surface area contributed by atoms with E-state index in [0.717, 1.165) is 12.1 Å². The maximum atomic E-state index is 14.8. The van der Waals surface area contributed by atoms with Crippen LogP contribution in [0.4, 0.5) is 30.7 Å². The summed E-state index contributed by atoms with van der Waals surface area (Å²) in [5.41, 5.74) is -5.03. The predicted molar refractivity (Wildman–Crippen MR) is 113 cm³/mol. The van der Waals surface area contributed by atoms with Gasteiger partial charge in [0.05, 0.1) is 19.7 Å². The topological polar surface area (TPSA) is 40.5 Å². The van der Waals surface area contributed by atoms with Crippen LogP contribution in [0.25, 0.3) is 27.7 Å². The molecule has 0 aliphatic rings. The lowest BCUT2D eigenvalue weighted by Gasteiger charge is -2.18. The number of halogens is 7. The van der Waals surface area contributed by atoms with Crippen LogP contribution in [-0.4, -0.2) is 18.8 Å². The van der Waals surface area contributed by atoms with E-state index < -0.39 is 46.3 Å². The number of benzene rings is 3. The Labute approximate surface area is 192 Å². The summed E-state index contributed by atoms with van der Waals surface area (Å²) < 4.78 is 108. The molecule has 1 aromatic heterocycles. The first kappa shape index (κ1) is 24.1. The Balaban J connectivity index is 2.12. The van der Waals surface area contributed by atoms with Crippen LogP contribution in [0.5, 0.6) is 11.5 Å². The van der Waals surface area contributed by atoms with Crippen LogP contribution in [0.3, 0.4) is 0 Å². The van der Waals surface area contributed by atoms with Gasteiger partial charge in [0.2, 0.25) is 0 Å². The molecular formula is C24H14F7NO3. The number of nitrogens with zero attached hydrogens (tertiary/aromatic N) is 1. The van der Waals surface area contributed by atoms with E-state index >= 15 is 0 Å². The van der Waals surface area contributed by atoms with Crippen LogP contribution < -0.4 is 15.0 Å². The zero-order valence-electron chi connectivity index (χ0n) is 17.9. The van der Waals surface area contributed by atoms with Gasteiger partial charge in [-0.05, 0) is 35.4 Å². The van der Waals surface area contributed by atoms with Gasteiger partial charge >= 0.3 is 6.18 Å². The fourth-order valence-electron chi connectivity index (χ4n) is 3.74. The van der Waals surface area contributed by atoms with Crippen molar-refractivity contribution in [1.29, 1.82) is 0 Å². The third-order valence-corrected chi connectivity index (χ3v) is 5.37. The van der Waals surface area contributed by atoms with Crippen molar-refractivity contribution >= 4 is 10.9 Å². The summed E-state index contributed by atoms with van der Waals surface area (Å²) in [5.74, 6) is -9.49. The van der Waals surface area contributed by atoms with E-state index in [2.05, 4.69) is 0 Å². The van der Waals surface area contributed by atoms with Gasteiger partial charge in [-0.25, -0.2) is 17.6 Å². The van der Waals surface area contributed by atoms with Crippen molar-refractivity contribution < 1.29 is 40.2 Å². The summed E-state index contributed by atoms with van der Waals surface area (Å²) in [6.45, 7) is 0. The third-order valence-electron chi connectivity index (χ3n) is 5.37. The van der Waals surface area contributed by atoms with Gasteiger partial charge < -0.3 is 9.47 Å². The van der Waals surface area contributed by atoms with E-state index in [-0.39, 0.29) is 26.8 Å². The van der Waals surface area contributed by atoms with E-state index in [0.29, 0.717) is 11.3 Å². The molecule has 0 spiro atoms. The van der Waals surface area contributed by atoms with Gasteiger partial charge in [0, 0.05) is 17.5 Å². The molecule has 4 aromatic rings. The smallest absolute Gasteiger partial charge is 0.422 e. The average Bonchev–Trinajstić information content (AvgIpc) is 2.82. The Morgan fingerprint density at radius 1 is 0.743 bits per heavy atom. The molecule has 4 nitrogen and oxygen atoms in total. The van der Waals surface area contributed by atoms with Crippen LogP contribution in [0.2, 0.25) is 0 Å². The van der Waals surface area contributed by atoms with Crippen molar-refractivity contribution in [1.82, 2.24) is 4.57 Å². The molecule has 1 heterocycles. The van der Waals surface area contributed by atoms with Crippen molar-refractivity contribution in [3.05, 3.63) is 87.7 Å². The predicted octanol–water partition coefficient (Wildman–Crippen LogP) is 6.25. The van der Waals surface area contributed by atoms with Gasteiger partial charge in [0.1, 0.15) is 22.7 Å². The number of methoxy groups -OCH3 is 2. The van der Waals surface area contributed by atoms with Crippen LogP contribution in [0, 0.1) is 23.3 Å². The second-order valence-corrected chi connectivity index (χ2v) is 7.32. The minimum absolute atomic E-state index is 0.103.